The number of allylic oxidation sites excluding steroid dienone is 5. The smallest absolute Gasteiger partial charge is 0.166 e. The number of ketones is 1. The number of carbonyl (C=O) groups is 1. The van der Waals surface area contributed by atoms with Gasteiger partial charge < -0.3 is 4.98 Å². The summed E-state index contributed by atoms with van der Waals surface area (Å²) in [5.41, 5.74) is 8.49. The number of nitrogens with one attached hydrogen (secondary N) is 1. The van der Waals surface area contributed by atoms with E-state index >= 15 is 0 Å². The zero-order valence-electron chi connectivity index (χ0n) is 24.7. The van der Waals surface area contributed by atoms with Crippen LogP contribution in [0.2, 0.25) is 0 Å². The van der Waals surface area contributed by atoms with Crippen molar-refractivity contribution in [3.05, 3.63) is 74.9 Å². The van der Waals surface area contributed by atoms with Crippen LogP contribution in [0, 0.1) is 51.4 Å². The lowest BCUT2D eigenvalue weighted by atomic mass is 9.75. The molecule has 4 atom stereocenters. The summed E-state index contributed by atoms with van der Waals surface area (Å²) in [6.45, 7) is 14.6. The van der Waals surface area contributed by atoms with E-state index in [0.717, 1.165) is 77.1 Å². The second-order valence-electron chi connectivity index (χ2n) is 11.7. The zero-order chi connectivity index (χ0) is 28.3. The van der Waals surface area contributed by atoms with Crippen LogP contribution in [0.15, 0.2) is 51.7 Å². The van der Waals surface area contributed by atoms with Gasteiger partial charge in [0, 0.05) is 34.9 Å². The lowest BCUT2D eigenvalue weighted by molar-refractivity contribution is 0.0888. The molecule has 1 N–H and O–H groups in total. The summed E-state index contributed by atoms with van der Waals surface area (Å²) >= 11 is 6.29. The normalized spacial score (nSPS) is 24.3. The molecule has 4 rings (SSSR count). The SMILES string of the molecule is CC=CC(/C=C1/C=NC(Cl)=C(C)C1C)C1CCCCC(C(=O)c2cc(-c3nc(C)[nH]c3C)c(C)cc2C)CC1. The topological polar surface area (TPSA) is 58.1 Å². The Labute approximate surface area is 239 Å². The molecule has 4 nitrogen and oxygen atoms in total. The Bertz CT molecular complexity index is 1340. The molecule has 2 aromatic rings. The molecule has 1 saturated carbocycles. The number of rotatable bonds is 6. The van der Waals surface area contributed by atoms with Gasteiger partial charge in [0.2, 0.25) is 0 Å². The molecule has 0 radical (unpaired) electrons. The monoisotopic (exact) mass is 545 g/mol. The molecule has 39 heavy (non-hydrogen) atoms. The zero-order valence-corrected chi connectivity index (χ0v) is 25.5. The number of H-pyrrole nitrogens is 1. The number of aromatic nitrogens is 2. The third-order valence-electron chi connectivity index (χ3n) is 8.88. The van der Waals surface area contributed by atoms with Crippen molar-refractivity contribution in [2.75, 3.05) is 0 Å². The van der Waals surface area contributed by atoms with Crippen molar-refractivity contribution in [2.24, 2.45) is 28.7 Å². The lowest BCUT2D eigenvalue weighted by Crippen LogP contribution is -2.22. The van der Waals surface area contributed by atoms with Gasteiger partial charge in [-0.15, -0.1) is 0 Å². The predicted molar refractivity (Wildman–Crippen MR) is 165 cm³/mol. The number of imidazole rings is 1. The summed E-state index contributed by atoms with van der Waals surface area (Å²) in [7, 11) is 0. The second kappa shape index (κ2) is 12.6. The summed E-state index contributed by atoms with van der Waals surface area (Å²) in [5.74, 6) is 2.36. The first-order valence-electron chi connectivity index (χ1n) is 14.5. The highest BCUT2D eigenvalue weighted by Gasteiger charge is 2.28. The molecule has 1 aromatic heterocycles. The standard InChI is InChI=1S/C34H44ClN3O/c1-8-11-28(17-29-19-36-34(35)23(5)22(29)4)26-12-9-10-13-27(15-14-26)33(39)31-18-30(20(2)16-21(31)3)32-24(6)37-25(7)38-32/h8,11,16-19,22,26-28H,9-10,12-15H2,1-7H3,(H,37,38)/b11-8?,29-17-. The van der Waals surface area contributed by atoms with E-state index in [4.69, 9.17) is 16.6 Å². The van der Waals surface area contributed by atoms with E-state index in [9.17, 15) is 4.79 Å². The molecular formula is C34H44ClN3O. The Morgan fingerprint density at radius 2 is 1.79 bits per heavy atom. The first-order valence-corrected chi connectivity index (χ1v) is 14.9. The van der Waals surface area contributed by atoms with Gasteiger partial charge in [-0.1, -0.05) is 55.7 Å². The van der Waals surface area contributed by atoms with Gasteiger partial charge in [0.05, 0.1) is 5.69 Å². The molecule has 208 valence electrons. The number of aryl methyl sites for hydroxylation is 4. The summed E-state index contributed by atoms with van der Waals surface area (Å²) in [5, 5.41) is 0.613. The largest absolute Gasteiger partial charge is 0.346 e. The molecule has 4 unspecified atom stereocenters. The number of aromatic amines is 1. The van der Waals surface area contributed by atoms with Crippen LogP contribution in [0.1, 0.15) is 92.3 Å². The molecule has 1 aromatic carbocycles. The molecule has 2 heterocycles. The first-order chi connectivity index (χ1) is 18.6. The van der Waals surface area contributed by atoms with Crippen LogP contribution >= 0.6 is 11.6 Å². The minimum absolute atomic E-state index is 0.0575. The molecule has 1 aliphatic carbocycles. The number of halogens is 1. The van der Waals surface area contributed by atoms with Crippen LogP contribution in [-0.2, 0) is 0 Å². The first kappa shape index (κ1) is 29.3. The van der Waals surface area contributed by atoms with Crippen LogP contribution in [0.3, 0.4) is 0 Å². The highest BCUT2D eigenvalue weighted by molar-refractivity contribution is 6.30. The molecule has 0 bridgehead atoms. The number of benzene rings is 1. The van der Waals surface area contributed by atoms with Crippen LogP contribution in [0.5, 0.6) is 0 Å². The van der Waals surface area contributed by atoms with Crippen molar-refractivity contribution in [3.63, 3.8) is 0 Å². The van der Waals surface area contributed by atoms with Crippen LogP contribution in [0.25, 0.3) is 11.3 Å². The van der Waals surface area contributed by atoms with Crippen molar-refractivity contribution in [3.8, 4) is 11.3 Å². The fourth-order valence-electron chi connectivity index (χ4n) is 6.37. The minimum Gasteiger partial charge on any atom is -0.346 e. The summed E-state index contributed by atoms with van der Waals surface area (Å²) < 4.78 is 0. The fourth-order valence-corrected chi connectivity index (χ4v) is 6.58. The van der Waals surface area contributed by atoms with Crippen molar-refractivity contribution in [1.82, 2.24) is 9.97 Å². The number of aliphatic imine (C=N–C) groups is 1. The summed E-state index contributed by atoms with van der Waals surface area (Å²) in [6.07, 6.45) is 15.2. The van der Waals surface area contributed by atoms with Gasteiger partial charge in [0.25, 0.3) is 0 Å². The van der Waals surface area contributed by atoms with E-state index in [0.29, 0.717) is 22.8 Å². The van der Waals surface area contributed by atoms with E-state index in [1.807, 2.05) is 20.1 Å². The Morgan fingerprint density at radius 3 is 2.49 bits per heavy atom. The maximum Gasteiger partial charge on any atom is 0.166 e. The fraction of sp³-hybridized carbons (Fsp3) is 0.500. The Hall–Kier alpha value is -2.72. The second-order valence-corrected chi connectivity index (χ2v) is 12.0. The Kier molecular flexibility index (Phi) is 9.48. The summed E-state index contributed by atoms with van der Waals surface area (Å²) in [6, 6.07) is 4.26. The average Bonchev–Trinajstić information content (AvgIpc) is 3.21. The average molecular weight is 546 g/mol. The molecule has 5 heteroatoms. The predicted octanol–water partition coefficient (Wildman–Crippen LogP) is 9.39. The number of hydrogen-bond donors (Lipinski definition) is 1. The number of nitrogens with zero attached hydrogens (tertiary/aromatic N) is 2. The molecule has 1 aliphatic heterocycles. The third-order valence-corrected chi connectivity index (χ3v) is 9.27. The summed E-state index contributed by atoms with van der Waals surface area (Å²) in [4.78, 5) is 26.5. The van der Waals surface area contributed by atoms with Crippen LogP contribution < -0.4 is 0 Å². The molecular weight excluding hydrogens is 502 g/mol. The third kappa shape index (κ3) is 6.54. The minimum atomic E-state index is 0.0575. The van der Waals surface area contributed by atoms with Crippen LogP contribution in [0.4, 0.5) is 0 Å². The van der Waals surface area contributed by atoms with Gasteiger partial charge in [-0.25, -0.2) is 9.98 Å². The van der Waals surface area contributed by atoms with Gasteiger partial charge in [-0.2, -0.15) is 0 Å². The van der Waals surface area contributed by atoms with Crippen molar-refractivity contribution >= 4 is 23.6 Å². The highest BCUT2D eigenvalue weighted by atomic mass is 35.5. The molecule has 0 saturated heterocycles. The van der Waals surface area contributed by atoms with E-state index < -0.39 is 0 Å². The van der Waals surface area contributed by atoms with E-state index in [1.165, 1.54) is 12.0 Å². The Balaban J connectivity index is 1.56. The van der Waals surface area contributed by atoms with Gasteiger partial charge in [0.1, 0.15) is 11.0 Å². The molecule has 0 spiro atoms. The maximum absolute atomic E-state index is 14.0. The van der Waals surface area contributed by atoms with Gasteiger partial charge in [-0.05, 0) is 107 Å². The van der Waals surface area contributed by atoms with Gasteiger partial charge in [-0.3, -0.25) is 4.79 Å². The van der Waals surface area contributed by atoms with E-state index in [-0.39, 0.29) is 11.8 Å². The van der Waals surface area contributed by atoms with Crippen molar-refractivity contribution < 1.29 is 4.79 Å². The van der Waals surface area contributed by atoms with E-state index in [1.54, 1.807) is 0 Å². The van der Waals surface area contributed by atoms with E-state index in [2.05, 4.69) is 75.0 Å². The highest BCUT2D eigenvalue weighted by Crippen LogP contribution is 2.37. The van der Waals surface area contributed by atoms with Gasteiger partial charge in [0.15, 0.2) is 5.78 Å². The van der Waals surface area contributed by atoms with Crippen LogP contribution in [-0.4, -0.2) is 22.0 Å². The number of carbonyl (C=O) groups excluding carboxylic acids is 1. The quantitative estimate of drug-likeness (QED) is 0.223. The van der Waals surface area contributed by atoms with Crippen molar-refractivity contribution in [2.45, 2.75) is 87.0 Å². The number of hydrogen-bond acceptors (Lipinski definition) is 3. The van der Waals surface area contributed by atoms with Crippen molar-refractivity contribution in [1.29, 1.82) is 0 Å². The molecule has 1 fully saturated rings. The molecule has 2 aliphatic rings. The maximum atomic E-state index is 14.0. The van der Waals surface area contributed by atoms with Gasteiger partial charge >= 0.3 is 0 Å². The Morgan fingerprint density at radius 1 is 1.05 bits per heavy atom. The lowest BCUT2D eigenvalue weighted by Gasteiger charge is -2.29. The molecule has 0 amide bonds. The number of Topliss-reactive ketones (excluding diaryl/α,β-unsaturated/α-hetero) is 1.